The van der Waals surface area contributed by atoms with E-state index in [4.69, 9.17) is 0 Å². The zero-order chi connectivity index (χ0) is 19.9. The second-order valence-corrected chi connectivity index (χ2v) is 11.2. The van der Waals surface area contributed by atoms with Crippen LogP contribution in [-0.2, 0) is 23.1 Å². The molecule has 1 atom stereocenters. The van der Waals surface area contributed by atoms with Gasteiger partial charge in [-0.15, -0.1) is 11.3 Å². The first kappa shape index (κ1) is 20.3. The number of rotatable bonds is 3. The van der Waals surface area contributed by atoms with E-state index in [1.54, 1.807) is 19.9 Å². The third kappa shape index (κ3) is 3.87. The Morgan fingerprint density at radius 1 is 1.04 bits per heavy atom. The molecule has 0 N–H and O–H groups in total. The molecule has 3 heterocycles. The standard InChI is InChI=1S/C19H30N4O3S2/c1-15-3-4-16-17(14-27-18(16)13-15)19(24)21-7-11-23(12-8-21)28(25,26)22-9-5-20(2)6-10-22/h14-15H,3-13H2,1-2H3. The molecule has 2 saturated heterocycles. The van der Waals surface area contributed by atoms with Gasteiger partial charge < -0.3 is 9.80 Å². The third-order valence-corrected chi connectivity index (χ3v) is 9.36. The van der Waals surface area contributed by atoms with E-state index in [1.807, 2.05) is 17.3 Å². The number of thiophene rings is 1. The van der Waals surface area contributed by atoms with Crippen LogP contribution in [0.3, 0.4) is 0 Å². The third-order valence-electron chi connectivity index (χ3n) is 6.27. The van der Waals surface area contributed by atoms with Gasteiger partial charge in [0.15, 0.2) is 0 Å². The van der Waals surface area contributed by atoms with E-state index in [0.717, 1.165) is 37.9 Å². The summed E-state index contributed by atoms with van der Waals surface area (Å²) in [6, 6.07) is 0. The molecule has 1 aromatic heterocycles. The molecule has 4 rings (SSSR count). The first-order chi connectivity index (χ1) is 13.4. The molecule has 1 unspecified atom stereocenters. The lowest BCUT2D eigenvalue weighted by molar-refractivity contribution is 0.0691. The molecule has 1 amide bonds. The van der Waals surface area contributed by atoms with Gasteiger partial charge in [0.05, 0.1) is 5.56 Å². The Hall–Kier alpha value is -1.00. The largest absolute Gasteiger partial charge is 0.336 e. The summed E-state index contributed by atoms with van der Waals surface area (Å²) in [5.74, 6) is 0.765. The predicted molar refractivity (Wildman–Crippen MR) is 111 cm³/mol. The molecule has 28 heavy (non-hydrogen) atoms. The van der Waals surface area contributed by atoms with Crippen LogP contribution in [0.15, 0.2) is 5.38 Å². The van der Waals surface area contributed by atoms with Crippen LogP contribution in [0.1, 0.15) is 34.1 Å². The number of hydrogen-bond donors (Lipinski definition) is 0. The second-order valence-electron chi connectivity index (χ2n) is 8.30. The van der Waals surface area contributed by atoms with Gasteiger partial charge >= 0.3 is 0 Å². The number of likely N-dealkylation sites (N-methyl/N-ethyl adjacent to an activating group) is 1. The monoisotopic (exact) mass is 426 g/mol. The lowest BCUT2D eigenvalue weighted by atomic mass is 9.88. The summed E-state index contributed by atoms with van der Waals surface area (Å²) in [5.41, 5.74) is 2.09. The normalized spacial score (nSPS) is 25.6. The van der Waals surface area contributed by atoms with Crippen LogP contribution >= 0.6 is 11.3 Å². The number of piperazine rings is 2. The van der Waals surface area contributed by atoms with Gasteiger partial charge in [0, 0.05) is 62.6 Å². The molecule has 0 saturated carbocycles. The smallest absolute Gasteiger partial charge is 0.282 e. The van der Waals surface area contributed by atoms with E-state index in [0.29, 0.717) is 45.2 Å². The van der Waals surface area contributed by atoms with Gasteiger partial charge in [0.25, 0.3) is 16.1 Å². The van der Waals surface area contributed by atoms with Gasteiger partial charge in [0.2, 0.25) is 0 Å². The zero-order valence-electron chi connectivity index (χ0n) is 16.8. The maximum atomic E-state index is 13.1. The summed E-state index contributed by atoms with van der Waals surface area (Å²) >= 11 is 1.71. The van der Waals surface area contributed by atoms with Gasteiger partial charge in [0.1, 0.15) is 0 Å². The number of carbonyl (C=O) groups is 1. The highest BCUT2D eigenvalue weighted by Crippen LogP contribution is 2.33. The van der Waals surface area contributed by atoms with Crippen LogP contribution in [0.4, 0.5) is 0 Å². The molecule has 0 radical (unpaired) electrons. The van der Waals surface area contributed by atoms with Gasteiger partial charge in [-0.2, -0.15) is 17.0 Å². The van der Waals surface area contributed by atoms with E-state index in [1.165, 1.54) is 10.4 Å². The molecular weight excluding hydrogens is 396 g/mol. The molecular formula is C19H30N4O3S2. The van der Waals surface area contributed by atoms with Crippen LogP contribution in [-0.4, -0.2) is 92.1 Å². The number of fused-ring (bicyclic) bond motifs is 1. The minimum absolute atomic E-state index is 0.0729. The summed E-state index contributed by atoms with van der Waals surface area (Å²) in [7, 11) is -1.42. The van der Waals surface area contributed by atoms with Gasteiger partial charge in [-0.1, -0.05) is 6.92 Å². The van der Waals surface area contributed by atoms with Crippen molar-refractivity contribution in [1.29, 1.82) is 0 Å². The minimum Gasteiger partial charge on any atom is -0.336 e. The van der Waals surface area contributed by atoms with Crippen molar-refractivity contribution < 1.29 is 13.2 Å². The minimum atomic E-state index is -3.43. The van der Waals surface area contributed by atoms with Gasteiger partial charge in [-0.05, 0) is 37.8 Å². The molecule has 2 aliphatic heterocycles. The maximum Gasteiger partial charge on any atom is 0.282 e. The fourth-order valence-corrected chi connectivity index (χ4v) is 7.15. The SMILES string of the molecule is CC1CCc2c(C(=O)N3CCN(S(=O)(=O)N4CCN(C)CC4)CC3)csc2C1. The van der Waals surface area contributed by atoms with E-state index in [9.17, 15) is 13.2 Å². The van der Waals surface area contributed by atoms with E-state index in [2.05, 4.69) is 11.8 Å². The summed E-state index contributed by atoms with van der Waals surface area (Å²) < 4.78 is 28.9. The Bertz CT molecular complexity index is 822. The zero-order valence-corrected chi connectivity index (χ0v) is 18.4. The number of nitrogens with zero attached hydrogens (tertiary/aromatic N) is 4. The summed E-state index contributed by atoms with van der Waals surface area (Å²) in [6.07, 6.45) is 3.20. The quantitative estimate of drug-likeness (QED) is 0.727. The molecule has 2 fully saturated rings. The fraction of sp³-hybridized carbons (Fsp3) is 0.737. The van der Waals surface area contributed by atoms with Gasteiger partial charge in [-0.3, -0.25) is 4.79 Å². The first-order valence-electron chi connectivity index (χ1n) is 10.2. The summed E-state index contributed by atoms with van der Waals surface area (Å²) in [5, 5.41) is 2.01. The van der Waals surface area contributed by atoms with Crippen molar-refractivity contribution in [2.45, 2.75) is 26.2 Å². The van der Waals surface area contributed by atoms with Crippen molar-refractivity contribution in [2.75, 3.05) is 59.4 Å². The van der Waals surface area contributed by atoms with Crippen LogP contribution < -0.4 is 0 Å². The van der Waals surface area contributed by atoms with Gasteiger partial charge in [-0.25, -0.2) is 0 Å². The molecule has 1 aromatic rings. The summed E-state index contributed by atoms with van der Waals surface area (Å²) in [4.78, 5) is 18.4. The Kier molecular flexibility index (Phi) is 5.81. The molecule has 0 bridgehead atoms. The van der Waals surface area contributed by atoms with Crippen molar-refractivity contribution >= 4 is 27.5 Å². The highest BCUT2D eigenvalue weighted by molar-refractivity contribution is 7.86. The highest BCUT2D eigenvalue weighted by atomic mass is 32.2. The van der Waals surface area contributed by atoms with Crippen molar-refractivity contribution in [2.24, 2.45) is 5.92 Å². The molecule has 7 nitrogen and oxygen atoms in total. The van der Waals surface area contributed by atoms with E-state index < -0.39 is 10.2 Å². The first-order valence-corrected chi connectivity index (χ1v) is 12.5. The highest BCUT2D eigenvalue weighted by Gasteiger charge is 2.35. The molecule has 3 aliphatic rings. The van der Waals surface area contributed by atoms with Crippen molar-refractivity contribution in [1.82, 2.24) is 18.4 Å². The predicted octanol–water partition coefficient (Wildman–Crippen LogP) is 1.12. The Labute approximate surface area is 172 Å². The van der Waals surface area contributed by atoms with Crippen LogP contribution in [0.2, 0.25) is 0 Å². The fourth-order valence-electron chi connectivity index (χ4n) is 4.33. The van der Waals surface area contributed by atoms with Crippen LogP contribution in [0.25, 0.3) is 0 Å². The lowest BCUT2D eigenvalue weighted by Crippen LogP contribution is -2.57. The summed E-state index contributed by atoms with van der Waals surface area (Å²) in [6.45, 7) is 6.56. The Balaban J connectivity index is 1.38. The molecule has 9 heteroatoms. The molecule has 156 valence electrons. The molecule has 0 aromatic carbocycles. The van der Waals surface area contributed by atoms with Crippen LogP contribution in [0.5, 0.6) is 0 Å². The van der Waals surface area contributed by atoms with E-state index in [-0.39, 0.29) is 5.91 Å². The van der Waals surface area contributed by atoms with Crippen molar-refractivity contribution in [3.63, 3.8) is 0 Å². The number of hydrogen-bond acceptors (Lipinski definition) is 5. The topological polar surface area (TPSA) is 64.2 Å². The number of amides is 1. The maximum absolute atomic E-state index is 13.1. The lowest BCUT2D eigenvalue weighted by Gasteiger charge is -2.39. The number of carbonyl (C=O) groups excluding carboxylic acids is 1. The molecule has 0 spiro atoms. The van der Waals surface area contributed by atoms with Crippen molar-refractivity contribution in [3.05, 3.63) is 21.4 Å². The van der Waals surface area contributed by atoms with Crippen molar-refractivity contribution in [3.8, 4) is 0 Å². The Morgan fingerprint density at radius 2 is 1.64 bits per heavy atom. The average Bonchev–Trinajstić information content (AvgIpc) is 3.11. The van der Waals surface area contributed by atoms with E-state index >= 15 is 0 Å². The second kappa shape index (κ2) is 8.02. The molecule has 1 aliphatic carbocycles. The average molecular weight is 427 g/mol. The Morgan fingerprint density at radius 3 is 2.29 bits per heavy atom. The van der Waals surface area contributed by atoms with Crippen LogP contribution in [0, 0.1) is 5.92 Å².